The maximum Gasteiger partial charge on any atom is 0.322 e. The van der Waals surface area contributed by atoms with Crippen molar-refractivity contribution in [1.82, 2.24) is 9.47 Å². The number of urea groups is 1. The van der Waals surface area contributed by atoms with Crippen molar-refractivity contribution in [1.29, 1.82) is 0 Å². The molecule has 0 spiro atoms. The van der Waals surface area contributed by atoms with Gasteiger partial charge in [-0.3, -0.25) is 0 Å². The Balaban J connectivity index is 1.70. The smallest absolute Gasteiger partial charge is 0.322 e. The molecule has 3 aromatic rings. The van der Waals surface area contributed by atoms with Crippen molar-refractivity contribution in [2.75, 3.05) is 11.9 Å². The van der Waals surface area contributed by atoms with Gasteiger partial charge in [-0.05, 0) is 48.0 Å². The Morgan fingerprint density at radius 2 is 1.89 bits per heavy atom. The van der Waals surface area contributed by atoms with Crippen LogP contribution in [0.15, 0.2) is 60.8 Å². The van der Waals surface area contributed by atoms with E-state index in [4.69, 9.17) is 11.6 Å². The minimum atomic E-state index is -0.939. The summed E-state index contributed by atoms with van der Waals surface area (Å²) in [5.41, 5.74) is 1.92. The number of aromatic nitrogens is 1. The maximum absolute atomic E-state index is 13.8. The summed E-state index contributed by atoms with van der Waals surface area (Å²) in [5, 5.41) is 3.34. The fourth-order valence-corrected chi connectivity index (χ4v) is 3.59. The molecule has 0 fully saturated rings. The summed E-state index contributed by atoms with van der Waals surface area (Å²) in [7, 11) is 0. The average molecular weight is 388 g/mol. The molecule has 2 amide bonds. The molecule has 1 N–H and O–H groups in total. The minimum absolute atomic E-state index is 0.334. The van der Waals surface area contributed by atoms with Gasteiger partial charge >= 0.3 is 6.03 Å². The highest BCUT2D eigenvalue weighted by Gasteiger charge is 2.32. The van der Waals surface area contributed by atoms with Crippen LogP contribution >= 0.6 is 11.6 Å². The molecule has 138 valence electrons. The lowest BCUT2D eigenvalue weighted by atomic mass is 10.00. The van der Waals surface area contributed by atoms with Crippen molar-refractivity contribution >= 4 is 23.3 Å². The molecule has 2 heterocycles. The molecule has 0 saturated carbocycles. The van der Waals surface area contributed by atoms with E-state index in [2.05, 4.69) is 5.32 Å². The number of carbonyl (C=O) groups excluding carboxylic acids is 1. The zero-order valence-electron chi connectivity index (χ0n) is 14.2. The molecule has 0 bridgehead atoms. The molecule has 1 aliphatic heterocycles. The Morgan fingerprint density at radius 1 is 1.04 bits per heavy atom. The number of anilines is 1. The summed E-state index contributed by atoms with van der Waals surface area (Å²) in [6.07, 6.45) is 1.91. The zero-order valence-corrected chi connectivity index (χ0v) is 15.0. The van der Waals surface area contributed by atoms with Crippen molar-refractivity contribution in [3.63, 3.8) is 0 Å². The maximum atomic E-state index is 13.8. The molecule has 0 radical (unpaired) electrons. The minimum Gasteiger partial charge on any atom is -0.348 e. The molecule has 4 rings (SSSR count). The summed E-state index contributed by atoms with van der Waals surface area (Å²) >= 11 is 5.98. The predicted octanol–water partition coefficient (Wildman–Crippen LogP) is 5.06. The number of rotatable bonds is 2. The lowest BCUT2D eigenvalue weighted by Crippen LogP contribution is -2.44. The summed E-state index contributed by atoms with van der Waals surface area (Å²) in [5.74, 6) is -1.86. The fraction of sp³-hybridized carbons (Fsp3) is 0.150. The van der Waals surface area contributed by atoms with Crippen LogP contribution in [-0.4, -0.2) is 22.0 Å². The molecule has 0 unspecified atom stereocenters. The van der Waals surface area contributed by atoms with Gasteiger partial charge in [-0.2, -0.15) is 0 Å². The van der Waals surface area contributed by atoms with E-state index in [0.29, 0.717) is 29.4 Å². The Labute approximate surface area is 160 Å². The van der Waals surface area contributed by atoms with E-state index in [0.717, 1.165) is 17.8 Å². The van der Waals surface area contributed by atoms with Crippen molar-refractivity contribution in [3.05, 3.63) is 88.7 Å². The highest BCUT2D eigenvalue weighted by Crippen LogP contribution is 2.33. The number of nitrogens with zero attached hydrogens (tertiary/aromatic N) is 2. The Bertz CT molecular complexity index is 1000. The second-order valence-electron chi connectivity index (χ2n) is 6.34. The highest BCUT2D eigenvalue weighted by molar-refractivity contribution is 6.30. The van der Waals surface area contributed by atoms with Gasteiger partial charge in [0.1, 0.15) is 0 Å². The van der Waals surface area contributed by atoms with Crippen LogP contribution in [0, 0.1) is 11.6 Å². The van der Waals surface area contributed by atoms with Crippen molar-refractivity contribution in [2.24, 2.45) is 0 Å². The van der Waals surface area contributed by atoms with E-state index in [-0.39, 0.29) is 6.03 Å². The number of carbonyl (C=O) groups is 1. The summed E-state index contributed by atoms with van der Waals surface area (Å²) < 4.78 is 29.2. The molecule has 1 aliphatic rings. The predicted molar refractivity (Wildman–Crippen MR) is 99.8 cm³/mol. The van der Waals surface area contributed by atoms with Gasteiger partial charge in [-0.15, -0.1) is 0 Å². The first-order chi connectivity index (χ1) is 13.0. The number of hydrogen-bond acceptors (Lipinski definition) is 1. The summed E-state index contributed by atoms with van der Waals surface area (Å²) in [6, 6.07) is 13.5. The van der Waals surface area contributed by atoms with Crippen LogP contribution in [0.4, 0.5) is 19.3 Å². The zero-order chi connectivity index (χ0) is 19.0. The van der Waals surface area contributed by atoms with Crippen molar-refractivity contribution in [2.45, 2.75) is 12.6 Å². The van der Waals surface area contributed by atoms with E-state index >= 15 is 0 Å². The number of fused-ring (bicyclic) bond motifs is 1. The fourth-order valence-electron chi connectivity index (χ4n) is 3.40. The number of halogens is 3. The lowest BCUT2D eigenvalue weighted by molar-refractivity contribution is 0.181. The van der Waals surface area contributed by atoms with E-state index in [1.165, 1.54) is 6.07 Å². The molecular weight excluding hydrogens is 372 g/mol. The van der Waals surface area contributed by atoms with Gasteiger partial charge in [0.2, 0.25) is 0 Å². The van der Waals surface area contributed by atoms with E-state index in [1.807, 2.05) is 22.9 Å². The summed E-state index contributed by atoms with van der Waals surface area (Å²) in [4.78, 5) is 14.6. The number of hydrogen-bond donors (Lipinski definition) is 1. The van der Waals surface area contributed by atoms with Crippen LogP contribution in [0.5, 0.6) is 0 Å². The molecule has 1 aromatic heterocycles. The van der Waals surface area contributed by atoms with Crippen LogP contribution in [0.3, 0.4) is 0 Å². The third-order valence-corrected chi connectivity index (χ3v) is 4.87. The van der Waals surface area contributed by atoms with Crippen LogP contribution in [-0.2, 0) is 6.54 Å². The molecule has 27 heavy (non-hydrogen) atoms. The quantitative estimate of drug-likeness (QED) is 0.656. The van der Waals surface area contributed by atoms with Crippen LogP contribution in [0.2, 0.25) is 5.02 Å². The Kier molecular flexibility index (Phi) is 4.58. The number of nitrogens with one attached hydrogen (secondary N) is 1. The van der Waals surface area contributed by atoms with Gasteiger partial charge in [0.15, 0.2) is 11.6 Å². The highest BCUT2D eigenvalue weighted by atomic mass is 35.5. The van der Waals surface area contributed by atoms with Gasteiger partial charge in [0.25, 0.3) is 0 Å². The number of amides is 2. The van der Waals surface area contributed by atoms with Gasteiger partial charge in [-0.1, -0.05) is 23.7 Å². The molecular formula is C20H16ClF2N3O. The SMILES string of the molecule is O=C(Nc1cccc(Cl)c1)N1CCn2cccc2[C@@H]1c1ccc(F)c(F)c1. The van der Waals surface area contributed by atoms with E-state index < -0.39 is 17.7 Å². The van der Waals surface area contributed by atoms with Crippen LogP contribution in [0.1, 0.15) is 17.3 Å². The standard InChI is InChI=1S/C20H16ClF2N3O/c21-14-3-1-4-15(12-14)24-20(27)26-10-9-25-8-2-5-18(25)19(26)13-6-7-16(22)17(23)11-13/h1-8,11-12,19H,9-10H2,(H,24,27)/t19-/m0/s1. The molecule has 1 atom stereocenters. The molecule has 2 aromatic carbocycles. The van der Waals surface area contributed by atoms with Gasteiger partial charge in [-0.25, -0.2) is 13.6 Å². The Hall–Kier alpha value is -2.86. The third-order valence-electron chi connectivity index (χ3n) is 4.63. The van der Waals surface area contributed by atoms with E-state index in [9.17, 15) is 13.6 Å². The van der Waals surface area contributed by atoms with Crippen molar-refractivity contribution in [3.8, 4) is 0 Å². The first kappa shape index (κ1) is 17.5. The second kappa shape index (κ2) is 7.04. The second-order valence-corrected chi connectivity index (χ2v) is 6.77. The van der Waals surface area contributed by atoms with Gasteiger partial charge in [0.05, 0.1) is 6.04 Å². The molecule has 0 saturated heterocycles. The third kappa shape index (κ3) is 3.40. The summed E-state index contributed by atoms with van der Waals surface area (Å²) in [6.45, 7) is 1.04. The monoisotopic (exact) mass is 387 g/mol. The Morgan fingerprint density at radius 3 is 2.67 bits per heavy atom. The molecule has 4 nitrogen and oxygen atoms in total. The van der Waals surface area contributed by atoms with Crippen molar-refractivity contribution < 1.29 is 13.6 Å². The van der Waals surface area contributed by atoms with E-state index in [1.54, 1.807) is 29.2 Å². The van der Waals surface area contributed by atoms with Crippen LogP contribution < -0.4 is 5.32 Å². The van der Waals surface area contributed by atoms with Gasteiger partial charge < -0.3 is 14.8 Å². The normalized spacial score (nSPS) is 16.1. The average Bonchev–Trinajstić information content (AvgIpc) is 3.12. The number of benzene rings is 2. The largest absolute Gasteiger partial charge is 0.348 e. The molecule has 0 aliphatic carbocycles. The van der Waals surface area contributed by atoms with Crippen LogP contribution in [0.25, 0.3) is 0 Å². The first-order valence-electron chi connectivity index (χ1n) is 8.46. The topological polar surface area (TPSA) is 37.3 Å². The molecule has 7 heteroatoms. The lowest BCUT2D eigenvalue weighted by Gasteiger charge is -2.37. The first-order valence-corrected chi connectivity index (χ1v) is 8.84. The van der Waals surface area contributed by atoms with Gasteiger partial charge in [0, 0.05) is 35.7 Å².